The SMILES string of the molecule is Cc1cc(CC(C)(C)C)ccc1-c1ccc(C(C)(C)C)c(F)c1. The second kappa shape index (κ2) is 6.11. The predicted octanol–water partition coefficient (Wildman–Crippen LogP) is 6.69. The number of hydrogen-bond acceptors (Lipinski definition) is 0. The fourth-order valence-corrected chi connectivity index (χ4v) is 3.06. The van der Waals surface area contributed by atoms with Crippen LogP contribution in [0.3, 0.4) is 0 Å². The molecule has 0 fully saturated rings. The van der Waals surface area contributed by atoms with Gasteiger partial charge in [-0.3, -0.25) is 0 Å². The van der Waals surface area contributed by atoms with Crippen LogP contribution in [-0.4, -0.2) is 0 Å². The van der Waals surface area contributed by atoms with Crippen molar-refractivity contribution in [2.45, 2.75) is 60.3 Å². The van der Waals surface area contributed by atoms with Gasteiger partial charge in [0.1, 0.15) is 5.82 Å². The van der Waals surface area contributed by atoms with E-state index in [9.17, 15) is 4.39 Å². The topological polar surface area (TPSA) is 0 Å². The van der Waals surface area contributed by atoms with Crippen molar-refractivity contribution in [1.29, 1.82) is 0 Å². The van der Waals surface area contributed by atoms with Crippen LogP contribution in [0.5, 0.6) is 0 Å². The monoisotopic (exact) mass is 312 g/mol. The fraction of sp³-hybridized carbons (Fsp3) is 0.455. The molecule has 0 unspecified atom stereocenters. The first-order chi connectivity index (χ1) is 10.5. The molecule has 2 aromatic rings. The fourth-order valence-electron chi connectivity index (χ4n) is 3.06. The van der Waals surface area contributed by atoms with E-state index >= 15 is 0 Å². The number of halogens is 1. The van der Waals surface area contributed by atoms with Crippen molar-refractivity contribution in [2.24, 2.45) is 5.41 Å². The normalized spacial score (nSPS) is 12.5. The highest BCUT2D eigenvalue weighted by atomic mass is 19.1. The Morgan fingerprint density at radius 3 is 2.00 bits per heavy atom. The average Bonchev–Trinajstić information content (AvgIpc) is 2.35. The van der Waals surface area contributed by atoms with Crippen LogP contribution >= 0.6 is 0 Å². The summed E-state index contributed by atoms with van der Waals surface area (Å²) in [5.74, 6) is -0.117. The van der Waals surface area contributed by atoms with Gasteiger partial charge >= 0.3 is 0 Å². The molecule has 0 saturated carbocycles. The molecule has 0 aliphatic rings. The summed E-state index contributed by atoms with van der Waals surface area (Å²) in [6, 6.07) is 12.2. The van der Waals surface area contributed by atoms with E-state index in [1.54, 1.807) is 6.07 Å². The van der Waals surface area contributed by atoms with Gasteiger partial charge in [-0.05, 0) is 58.1 Å². The molecule has 0 spiro atoms. The van der Waals surface area contributed by atoms with Crippen LogP contribution in [0.4, 0.5) is 4.39 Å². The molecule has 2 rings (SSSR count). The highest BCUT2D eigenvalue weighted by Crippen LogP contribution is 2.31. The van der Waals surface area contributed by atoms with E-state index in [1.807, 2.05) is 32.9 Å². The largest absolute Gasteiger partial charge is 0.207 e. The number of hydrogen-bond donors (Lipinski definition) is 0. The van der Waals surface area contributed by atoms with Crippen molar-refractivity contribution in [3.63, 3.8) is 0 Å². The van der Waals surface area contributed by atoms with E-state index in [0.717, 1.165) is 23.1 Å². The third-order valence-corrected chi connectivity index (χ3v) is 4.11. The van der Waals surface area contributed by atoms with Gasteiger partial charge in [-0.1, -0.05) is 71.9 Å². The van der Waals surface area contributed by atoms with Crippen LogP contribution in [0.2, 0.25) is 0 Å². The molecule has 0 aliphatic carbocycles. The Hall–Kier alpha value is -1.63. The Morgan fingerprint density at radius 1 is 0.870 bits per heavy atom. The summed E-state index contributed by atoms with van der Waals surface area (Å²) in [5, 5.41) is 0. The number of rotatable bonds is 2. The molecule has 0 N–H and O–H groups in total. The minimum atomic E-state index is -0.172. The molecule has 0 saturated heterocycles. The first-order valence-electron chi connectivity index (χ1n) is 8.37. The summed E-state index contributed by atoms with van der Waals surface area (Å²) < 4.78 is 14.5. The standard InChI is InChI=1S/C22H29F/c1-15-12-16(14-21(2,3)4)8-10-18(15)17-9-11-19(20(23)13-17)22(5,6)7/h8-13H,14H2,1-7H3. The maximum Gasteiger partial charge on any atom is 0.127 e. The zero-order chi connectivity index (χ0) is 17.4. The first-order valence-corrected chi connectivity index (χ1v) is 8.37. The zero-order valence-corrected chi connectivity index (χ0v) is 15.5. The van der Waals surface area contributed by atoms with Gasteiger partial charge in [0, 0.05) is 0 Å². The van der Waals surface area contributed by atoms with Crippen molar-refractivity contribution in [3.8, 4) is 11.1 Å². The minimum Gasteiger partial charge on any atom is -0.207 e. The van der Waals surface area contributed by atoms with Crippen LogP contribution in [0.15, 0.2) is 36.4 Å². The van der Waals surface area contributed by atoms with E-state index in [2.05, 4.69) is 45.9 Å². The van der Waals surface area contributed by atoms with Gasteiger partial charge in [0.05, 0.1) is 0 Å². The van der Waals surface area contributed by atoms with Gasteiger partial charge in [0.2, 0.25) is 0 Å². The summed E-state index contributed by atoms with van der Waals surface area (Å²) in [4.78, 5) is 0. The Morgan fingerprint density at radius 2 is 1.52 bits per heavy atom. The molecule has 0 aliphatic heterocycles. The van der Waals surface area contributed by atoms with Crippen molar-refractivity contribution in [1.82, 2.24) is 0 Å². The van der Waals surface area contributed by atoms with Gasteiger partial charge in [-0.15, -0.1) is 0 Å². The van der Waals surface area contributed by atoms with E-state index < -0.39 is 0 Å². The minimum absolute atomic E-state index is 0.117. The molecule has 0 nitrogen and oxygen atoms in total. The summed E-state index contributed by atoms with van der Waals surface area (Å²) in [6.07, 6.45) is 1.05. The third kappa shape index (κ3) is 4.43. The highest BCUT2D eigenvalue weighted by molar-refractivity contribution is 5.68. The average molecular weight is 312 g/mol. The molecule has 0 amide bonds. The second-order valence-corrected chi connectivity index (χ2v) is 8.83. The van der Waals surface area contributed by atoms with Gasteiger partial charge in [-0.25, -0.2) is 4.39 Å². The lowest BCUT2D eigenvalue weighted by Gasteiger charge is -2.21. The maximum absolute atomic E-state index is 14.5. The first kappa shape index (κ1) is 17.7. The van der Waals surface area contributed by atoms with Crippen LogP contribution in [0.1, 0.15) is 58.2 Å². The van der Waals surface area contributed by atoms with Crippen molar-refractivity contribution >= 4 is 0 Å². The molecule has 0 radical (unpaired) electrons. The van der Waals surface area contributed by atoms with Crippen molar-refractivity contribution in [3.05, 3.63) is 58.9 Å². The molecule has 0 bridgehead atoms. The maximum atomic E-state index is 14.5. The molecule has 0 aromatic heterocycles. The van der Waals surface area contributed by atoms with Crippen LogP contribution in [-0.2, 0) is 11.8 Å². The lowest BCUT2D eigenvalue weighted by Crippen LogP contribution is -2.13. The number of aryl methyl sites for hydroxylation is 1. The van der Waals surface area contributed by atoms with E-state index in [0.29, 0.717) is 0 Å². The molecule has 23 heavy (non-hydrogen) atoms. The lowest BCUT2D eigenvalue weighted by atomic mass is 9.84. The van der Waals surface area contributed by atoms with Gasteiger partial charge in [-0.2, -0.15) is 0 Å². The Bertz CT molecular complexity index is 697. The van der Waals surface area contributed by atoms with Crippen LogP contribution in [0, 0.1) is 18.2 Å². The smallest absolute Gasteiger partial charge is 0.127 e. The van der Waals surface area contributed by atoms with Gasteiger partial charge in [0.25, 0.3) is 0 Å². The summed E-state index contributed by atoms with van der Waals surface area (Å²) >= 11 is 0. The Labute approximate surface area is 140 Å². The van der Waals surface area contributed by atoms with Gasteiger partial charge < -0.3 is 0 Å². The summed E-state index contributed by atoms with van der Waals surface area (Å²) in [6.45, 7) is 15.0. The molecule has 0 heterocycles. The zero-order valence-electron chi connectivity index (χ0n) is 15.5. The quantitative estimate of drug-likeness (QED) is 0.579. The molecule has 2 aromatic carbocycles. The van der Waals surface area contributed by atoms with E-state index in [-0.39, 0.29) is 16.6 Å². The summed E-state index contributed by atoms with van der Waals surface area (Å²) in [5.41, 5.74) is 5.48. The predicted molar refractivity (Wildman–Crippen MR) is 98.4 cm³/mol. The van der Waals surface area contributed by atoms with Gasteiger partial charge in [0.15, 0.2) is 0 Å². The molecular weight excluding hydrogens is 283 g/mol. The van der Waals surface area contributed by atoms with Crippen LogP contribution in [0.25, 0.3) is 11.1 Å². The second-order valence-electron chi connectivity index (χ2n) is 8.83. The van der Waals surface area contributed by atoms with Crippen molar-refractivity contribution in [2.75, 3.05) is 0 Å². The number of benzene rings is 2. The summed E-state index contributed by atoms with van der Waals surface area (Å²) in [7, 11) is 0. The van der Waals surface area contributed by atoms with E-state index in [4.69, 9.17) is 0 Å². The van der Waals surface area contributed by atoms with Crippen LogP contribution < -0.4 is 0 Å². The molecule has 1 heteroatoms. The lowest BCUT2D eigenvalue weighted by molar-refractivity contribution is 0.411. The Balaban J connectivity index is 2.38. The molecule has 0 atom stereocenters. The third-order valence-electron chi connectivity index (χ3n) is 4.11. The van der Waals surface area contributed by atoms with E-state index in [1.165, 1.54) is 11.1 Å². The Kier molecular flexibility index (Phi) is 4.71. The highest BCUT2D eigenvalue weighted by Gasteiger charge is 2.19. The van der Waals surface area contributed by atoms with Crippen molar-refractivity contribution < 1.29 is 4.39 Å². The molecule has 124 valence electrons. The molecular formula is C22H29F.